The molecule has 0 heterocycles. The zero-order valence-electron chi connectivity index (χ0n) is 11.1. The fourth-order valence-corrected chi connectivity index (χ4v) is 1.46. The first-order valence-electron chi connectivity index (χ1n) is 5.89. The molecule has 1 aromatic rings. The van der Waals surface area contributed by atoms with Crippen LogP contribution in [0.15, 0.2) is 18.2 Å². The van der Waals surface area contributed by atoms with Gasteiger partial charge in [0.25, 0.3) is 0 Å². The van der Waals surface area contributed by atoms with Gasteiger partial charge in [0, 0.05) is 13.5 Å². The van der Waals surface area contributed by atoms with E-state index in [1.165, 1.54) is 13.2 Å². The van der Waals surface area contributed by atoms with Gasteiger partial charge in [-0.25, -0.2) is 4.79 Å². The number of hydrogen-bond acceptors (Lipinski definition) is 5. The van der Waals surface area contributed by atoms with Crippen LogP contribution in [-0.2, 0) is 9.53 Å². The summed E-state index contributed by atoms with van der Waals surface area (Å²) in [6, 6.07) is 4.69. The van der Waals surface area contributed by atoms with Crippen molar-refractivity contribution in [2.24, 2.45) is 0 Å². The Balaban J connectivity index is 2.51. The quantitative estimate of drug-likeness (QED) is 0.454. The molecular weight excluding hydrogens is 248 g/mol. The van der Waals surface area contributed by atoms with E-state index in [0.29, 0.717) is 36.4 Å². The predicted molar refractivity (Wildman–Crippen MR) is 71.0 cm³/mol. The molecule has 0 aromatic heterocycles. The summed E-state index contributed by atoms with van der Waals surface area (Å²) in [6.07, 6.45) is 0.995. The molecule has 19 heavy (non-hydrogen) atoms. The van der Waals surface area contributed by atoms with E-state index in [0.717, 1.165) is 0 Å². The summed E-state index contributed by atoms with van der Waals surface area (Å²) >= 11 is 0. The highest BCUT2D eigenvalue weighted by Crippen LogP contribution is 2.23. The van der Waals surface area contributed by atoms with Gasteiger partial charge in [-0.2, -0.15) is 0 Å². The highest BCUT2D eigenvalue weighted by molar-refractivity contribution is 5.90. The molecule has 0 fully saturated rings. The number of carbonyl (C=O) groups is 2. The van der Waals surface area contributed by atoms with Gasteiger partial charge < -0.3 is 20.5 Å². The van der Waals surface area contributed by atoms with Crippen LogP contribution in [0.25, 0.3) is 0 Å². The van der Waals surface area contributed by atoms with Crippen LogP contribution in [0.4, 0.5) is 5.69 Å². The van der Waals surface area contributed by atoms with Crippen LogP contribution >= 0.6 is 0 Å². The summed E-state index contributed by atoms with van der Waals surface area (Å²) in [6.45, 7) is 0.384. The van der Waals surface area contributed by atoms with Crippen LogP contribution < -0.4 is 15.8 Å². The number of nitrogens with one attached hydrogen (secondary N) is 1. The minimum absolute atomic E-state index is 0.0300. The second kappa shape index (κ2) is 7.25. The molecule has 0 unspecified atom stereocenters. The number of nitrogen functional groups attached to an aromatic ring is 1. The van der Waals surface area contributed by atoms with E-state index >= 15 is 0 Å². The van der Waals surface area contributed by atoms with Crippen molar-refractivity contribution in [3.63, 3.8) is 0 Å². The molecule has 0 aliphatic carbocycles. The molecule has 0 saturated heterocycles. The minimum Gasteiger partial charge on any atom is -0.491 e. The van der Waals surface area contributed by atoms with E-state index in [1.807, 2.05) is 0 Å². The molecular formula is C13H18N2O4. The lowest BCUT2D eigenvalue weighted by Gasteiger charge is -2.09. The van der Waals surface area contributed by atoms with Crippen LogP contribution in [0, 0.1) is 0 Å². The van der Waals surface area contributed by atoms with E-state index < -0.39 is 5.97 Å². The summed E-state index contributed by atoms with van der Waals surface area (Å²) in [7, 11) is 2.90. The lowest BCUT2D eigenvalue weighted by molar-refractivity contribution is -0.120. The van der Waals surface area contributed by atoms with Crippen LogP contribution in [0.5, 0.6) is 5.75 Å². The summed E-state index contributed by atoms with van der Waals surface area (Å²) in [4.78, 5) is 22.3. The number of hydrogen-bond donors (Lipinski definition) is 2. The number of amides is 1. The Morgan fingerprint density at radius 1 is 1.37 bits per heavy atom. The zero-order valence-corrected chi connectivity index (χ0v) is 11.1. The molecule has 0 spiro atoms. The highest BCUT2D eigenvalue weighted by atomic mass is 16.5. The first-order chi connectivity index (χ1) is 9.08. The van der Waals surface area contributed by atoms with Gasteiger partial charge in [0.2, 0.25) is 5.91 Å². The summed E-state index contributed by atoms with van der Waals surface area (Å²) < 4.78 is 10.0. The van der Waals surface area contributed by atoms with Gasteiger partial charge in [0.1, 0.15) is 5.75 Å². The van der Waals surface area contributed by atoms with Gasteiger partial charge in [-0.1, -0.05) is 0 Å². The molecule has 1 aromatic carbocycles. The molecule has 6 heteroatoms. The first kappa shape index (κ1) is 14.8. The van der Waals surface area contributed by atoms with E-state index in [-0.39, 0.29) is 5.91 Å². The maximum absolute atomic E-state index is 11.3. The fraction of sp³-hybridized carbons (Fsp3) is 0.385. The maximum atomic E-state index is 11.3. The van der Waals surface area contributed by atoms with Gasteiger partial charge in [-0.05, 0) is 24.6 Å². The number of carbonyl (C=O) groups excluding carboxylic acids is 2. The number of ether oxygens (including phenoxy) is 2. The average Bonchev–Trinajstić information content (AvgIpc) is 2.43. The Bertz CT molecular complexity index is 460. The third kappa shape index (κ3) is 4.50. The van der Waals surface area contributed by atoms with Gasteiger partial charge >= 0.3 is 5.97 Å². The number of esters is 1. The molecule has 0 aliphatic rings. The van der Waals surface area contributed by atoms with Gasteiger partial charge in [-0.3, -0.25) is 4.79 Å². The van der Waals surface area contributed by atoms with Crippen molar-refractivity contribution in [2.75, 3.05) is 26.5 Å². The molecule has 0 aliphatic heterocycles. The largest absolute Gasteiger partial charge is 0.491 e. The third-order valence-corrected chi connectivity index (χ3v) is 2.52. The lowest BCUT2D eigenvalue weighted by Crippen LogP contribution is -2.18. The van der Waals surface area contributed by atoms with Crippen molar-refractivity contribution in [1.82, 2.24) is 5.32 Å². The Hall–Kier alpha value is -2.24. The van der Waals surface area contributed by atoms with Crippen molar-refractivity contribution in [2.45, 2.75) is 12.8 Å². The molecule has 0 radical (unpaired) electrons. The molecule has 104 valence electrons. The number of methoxy groups -OCH3 is 1. The van der Waals surface area contributed by atoms with Crippen molar-refractivity contribution in [3.8, 4) is 5.75 Å². The molecule has 6 nitrogen and oxygen atoms in total. The molecule has 0 saturated carbocycles. The Morgan fingerprint density at radius 2 is 2.11 bits per heavy atom. The van der Waals surface area contributed by atoms with Crippen molar-refractivity contribution >= 4 is 17.6 Å². The first-order valence-corrected chi connectivity index (χ1v) is 5.89. The topological polar surface area (TPSA) is 90.6 Å². The summed E-state index contributed by atoms with van der Waals surface area (Å²) in [5.41, 5.74) is 6.51. The molecule has 0 atom stereocenters. The number of anilines is 1. The van der Waals surface area contributed by atoms with E-state index in [2.05, 4.69) is 10.1 Å². The highest BCUT2D eigenvalue weighted by Gasteiger charge is 2.08. The number of nitrogens with two attached hydrogens (primary N) is 1. The number of benzene rings is 1. The maximum Gasteiger partial charge on any atom is 0.337 e. The van der Waals surface area contributed by atoms with Gasteiger partial charge in [-0.15, -0.1) is 0 Å². The molecule has 1 rings (SSSR count). The van der Waals surface area contributed by atoms with Crippen LogP contribution in [0.2, 0.25) is 0 Å². The van der Waals surface area contributed by atoms with Gasteiger partial charge in [0.15, 0.2) is 0 Å². The smallest absolute Gasteiger partial charge is 0.337 e. The van der Waals surface area contributed by atoms with Crippen molar-refractivity contribution in [3.05, 3.63) is 23.8 Å². The number of rotatable bonds is 6. The Morgan fingerprint density at radius 3 is 2.68 bits per heavy atom. The van der Waals surface area contributed by atoms with E-state index in [4.69, 9.17) is 10.5 Å². The fourth-order valence-electron chi connectivity index (χ4n) is 1.46. The van der Waals surface area contributed by atoms with Crippen molar-refractivity contribution in [1.29, 1.82) is 0 Å². The second-order valence-corrected chi connectivity index (χ2v) is 3.87. The van der Waals surface area contributed by atoms with Crippen LogP contribution in [-0.4, -0.2) is 32.6 Å². The summed E-state index contributed by atoms with van der Waals surface area (Å²) in [5, 5.41) is 2.53. The van der Waals surface area contributed by atoms with Crippen LogP contribution in [0.1, 0.15) is 23.2 Å². The Labute approximate surface area is 111 Å². The molecule has 0 bridgehead atoms. The predicted octanol–water partition coefficient (Wildman–Crippen LogP) is 0.960. The molecule has 3 N–H and O–H groups in total. The van der Waals surface area contributed by atoms with E-state index in [9.17, 15) is 9.59 Å². The Kier molecular flexibility index (Phi) is 5.66. The minimum atomic E-state index is -0.446. The zero-order chi connectivity index (χ0) is 14.3. The second-order valence-electron chi connectivity index (χ2n) is 3.87. The average molecular weight is 266 g/mol. The monoisotopic (exact) mass is 266 g/mol. The standard InChI is InChI=1S/C13H18N2O4/c1-15-12(16)4-3-7-19-11-6-5-9(8-10(11)14)13(17)18-2/h5-6,8H,3-4,7,14H2,1-2H3,(H,15,16). The van der Waals surface area contributed by atoms with E-state index in [1.54, 1.807) is 19.2 Å². The third-order valence-electron chi connectivity index (χ3n) is 2.52. The van der Waals surface area contributed by atoms with Gasteiger partial charge in [0.05, 0.1) is 25.0 Å². The SMILES string of the molecule is CNC(=O)CCCOc1ccc(C(=O)OC)cc1N. The lowest BCUT2D eigenvalue weighted by atomic mass is 10.2. The molecule has 1 amide bonds. The van der Waals surface area contributed by atoms with Crippen molar-refractivity contribution < 1.29 is 19.1 Å². The summed E-state index contributed by atoms with van der Waals surface area (Å²) in [5.74, 6) is 0.0139. The van der Waals surface area contributed by atoms with Crippen LogP contribution in [0.3, 0.4) is 0 Å². The normalized spacial score (nSPS) is 9.79.